The Bertz CT molecular complexity index is 519. The quantitative estimate of drug-likeness (QED) is 0.197. The Labute approximate surface area is 124 Å². The van der Waals surface area contributed by atoms with Gasteiger partial charge in [0.1, 0.15) is 25.0 Å². The molecule has 5 atom stereocenters. The molecule has 0 aromatic heterocycles. The lowest BCUT2D eigenvalue weighted by molar-refractivity contribution is -0.0190. The molecule has 0 aromatic rings. The molecule has 1 aliphatic heterocycles. The number of hydrogen-bond donors (Lipinski definition) is 4. The van der Waals surface area contributed by atoms with E-state index in [0.717, 1.165) is 0 Å². The van der Waals surface area contributed by atoms with E-state index in [4.69, 9.17) is 24.6 Å². The summed E-state index contributed by atoms with van der Waals surface area (Å²) in [5.74, 6) is 0. The Morgan fingerprint density at radius 3 is 2.50 bits per heavy atom. The maximum absolute atomic E-state index is 11.6. The van der Waals surface area contributed by atoms with Gasteiger partial charge < -0.3 is 24.5 Å². The lowest BCUT2D eigenvalue weighted by Gasteiger charge is -2.22. The highest BCUT2D eigenvalue weighted by molar-refractivity contribution is 7.47. The predicted molar refractivity (Wildman–Crippen MR) is 68.1 cm³/mol. The maximum atomic E-state index is 11.6. The molecule has 4 N–H and O–H groups in total. The van der Waals surface area contributed by atoms with Gasteiger partial charge in [-0.2, -0.15) is 0 Å². The summed E-state index contributed by atoms with van der Waals surface area (Å²) < 4.78 is 40.7. The van der Waals surface area contributed by atoms with Crippen molar-refractivity contribution in [2.45, 2.75) is 31.3 Å². The molecule has 1 heterocycles. The standard InChI is InChI=1S/C7H15N3O10P2/c1-4-6(11)7(5(19-4)2-17-21(12,13)14)20-22(15,16)18-3-9-10-8/h4-7,11H,2-3H2,1H3,(H,15,16)(H2,12,13,14)/t4-,5+,6+,7?/m0/s1. The molecule has 15 heteroatoms. The molecule has 1 saturated heterocycles. The van der Waals surface area contributed by atoms with Gasteiger partial charge in [0.25, 0.3) is 0 Å². The van der Waals surface area contributed by atoms with Crippen molar-refractivity contribution < 1.29 is 47.2 Å². The largest absolute Gasteiger partial charge is 0.472 e. The van der Waals surface area contributed by atoms with Crippen LogP contribution in [0.4, 0.5) is 0 Å². The van der Waals surface area contributed by atoms with Crippen molar-refractivity contribution in [2.75, 3.05) is 13.3 Å². The summed E-state index contributed by atoms with van der Waals surface area (Å²) >= 11 is 0. The summed E-state index contributed by atoms with van der Waals surface area (Å²) in [6.45, 7) is -0.0541. The van der Waals surface area contributed by atoms with Crippen LogP contribution in [0, 0.1) is 0 Å². The molecule has 2 unspecified atom stereocenters. The maximum Gasteiger partial charge on any atom is 0.472 e. The summed E-state index contributed by atoms with van der Waals surface area (Å²) in [5.41, 5.74) is 8.03. The minimum atomic E-state index is -4.79. The van der Waals surface area contributed by atoms with Crippen LogP contribution in [-0.2, 0) is 27.4 Å². The van der Waals surface area contributed by atoms with E-state index < -0.39 is 53.4 Å². The van der Waals surface area contributed by atoms with Gasteiger partial charge in [0.15, 0.2) is 0 Å². The Kier molecular flexibility index (Phi) is 6.93. The summed E-state index contributed by atoms with van der Waals surface area (Å²) in [6, 6.07) is 0. The Balaban J connectivity index is 2.72. The molecule has 128 valence electrons. The summed E-state index contributed by atoms with van der Waals surface area (Å²) in [7, 11) is -9.48. The Morgan fingerprint density at radius 1 is 1.32 bits per heavy atom. The van der Waals surface area contributed by atoms with Crippen LogP contribution in [0.15, 0.2) is 5.11 Å². The number of rotatable bonds is 8. The topological polar surface area (TPSA) is 201 Å². The fourth-order valence-electron chi connectivity index (χ4n) is 1.66. The van der Waals surface area contributed by atoms with E-state index >= 15 is 0 Å². The van der Waals surface area contributed by atoms with Gasteiger partial charge >= 0.3 is 15.6 Å². The predicted octanol–water partition coefficient (Wildman–Crippen LogP) is 0.0139. The van der Waals surface area contributed by atoms with Gasteiger partial charge in [0, 0.05) is 4.91 Å². The molecule has 0 saturated carbocycles. The van der Waals surface area contributed by atoms with Gasteiger partial charge in [-0.05, 0) is 12.5 Å². The summed E-state index contributed by atoms with van der Waals surface area (Å²) in [6.07, 6.45) is -4.87. The van der Waals surface area contributed by atoms with Crippen LogP contribution in [0.5, 0.6) is 0 Å². The first-order valence-corrected chi connectivity index (χ1v) is 8.78. The average molecular weight is 363 g/mol. The average Bonchev–Trinajstić information content (AvgIpc) is 2.63. The molecular formula is C7H15N3O10P2. The van der Waals surface area contributed by atoms with E-state index in [1.165, 1.54) is 6.92 Å². The van der Waals surface area contributed by atoms with Crippen LogP contribution in [-0.4, -0.2) is 57.5 Å². The van der Waals surface area contributed by atoms with Crippen molar-refractivity contribution in [3.63, 3.8) is 0 Å². The van der Waals surface area contributed by atoms with Crippen molar-refractivity contribution in [1.82, 2.24) is 0 Å². The van der Waals surface area contributed by atoms with E-state index in [0.29, 0.717) is 0 Å². The first-order valence-electron chi connectivity index (χ1n) is 5.76. The molecule has 0 aliphatic carbocycles. The van der Waals surface area contributed by atoms with Crippen molar-refractivity contribution >= 4 is 15.6 Å². The van der Waals surface area contributed by atoms with Crippen molar-refractivity contribution in [1.29, 1.82) is 0 Å². The molecule has 0 radical (unpaired) electrons. The van der Waals surface area contributed by atoms with Crippen LogP contribution in [0.1, 0.15) is 6.92 Å². The van der Waals surface area contributed by atoms with Crippen LogP contribution >= 0.6 is 15.6 Å². The monoisotopic (exact) mass is 363 g/mol. The molecule has 1 aliphatic rings. The van der Waals surface area contributed by atoms with Crippen LogP contribution in [0.3, 0.4) is 0 Å². The highest BCUT2D eigenvalue weighted by Crippen LogP contribution is 2.47. The molecule has 1 rings (SSSR count). The van der Waals surface area contributed by atoms with E-state index in [1.807, 2.05) is 0 Å². The smallest absolute Gasteiger partial charge is 0.388 e. The van der Waals surface area contributed by atoms with Gasteiger partial charge in [-0.25, -0.2) is 9.13 Å². The molecule has 0 bridgehead atoms. The van der Waals surface area contributed by atoms with Gasteiger partial charge in [-0.1, -0.05) is 5.11 Å². The van der Waals surface area contributed by atoms with E-state index in [9.17, 15) is 19.1 Å². The third-order valence-electron chi connectivity index (χ3n) is 2.58. The van der Waals surface area contributed by atoms with Gasteiger partial charge in [0.2, 0.25) is 0 Å². The second-order valence-electron chi connectivity index (χ2n) is 4.18. The number of nitrogens with zero attached hydrogens (tertiary/aromatic N) is 3. The number of phosphoric acid groups is 2. The third-order valence-corrected chi connectivity index (χ3v) is 4.01. The Morgan fingerprint density at radius 2 is 1.95 bits per heavy atom. The highest BCUT2D eigenvalue weighted by Gasteiger charge is 2.46. The van der Waals surface area contributed by atoms with Crippen molar-refractivity contribution in [3.8, 4) is 0 Å². The minimum Gasteiger partial charge on any atom is -0.388 e. The van der Waals surface area contributed by atoms with Gasteiger partial charge in [-0.15, -0.1) is 0 Å². The number of aliphatic hydroxyl groups is 1. The molecular weight excluding hydrogens is 348 g/mol. The van der Waals surface area contributed by atoms with Crippen LogP contribution < -0.4 is 0 Å². The molecule has 1 fully saturated rings. The van der Waals surface area contributed by atoms with E-state index in [2.05, 4.69) is 19.1 Å². The number of phosphoric ester groups is 2. The highest BCUT2D eigenvalue weighted by atomic mass is 31.2. The molecule has 0 spiro atoms. The molecule has 0 amide bonds. The summed E-state index contributed by atoms with van der Waals surface area (Å²) in [4.78, 5) is 29.0. The van der Waals surface area contributed by atoms with Crippen LogP contribution in [0.25, 0.3) is 10.4 Å². The molecule has 22 heavy (non-hydrogen) atoms. The lowest BCUT2D eigenvalue weighted by atomic mass is 10.1. The number of ether oxygens (including phenoxy) is 1. The van der Waals surface area contributed by atoms with E-state index in [1.54, 1.807) is 0 Å². The first-order chi connectivity index (χ1) is 10.1. The molecule has 0 aromatic carbocycles. The number of azide groups is 1. The normalized spacial score (nSPS) is 31.5. The first kappa shape index (κ1) is 19.5. The number of hydrogen-bond acceptors (Lipinski definition) is 8. The van der Waals surface area contributed by atoms with Crippen LogP contribution in [0.2, 0.25) is 0 Å². The van der Waals surface area contributed by atoms with Gasteiger partial charge in [0.05, 0.1) is 12.7 Å². The molecule has 13 nitrogen and oxygen atoms in total. The van der Waals surface area contributed by atoms with Crippen molar-refractivity contribution in [2.24, 2.45) is 5.11 Å². The fraction of sp³-hybridized carbons (Fsp3) is 1.00. The summed E-state index contributed by atoms with van der Waals surface area (Å²) in [5, 5.41) is 12.7. The third kappa shape index (κ3) is 6.29. The fourth-order valence-corrected chi connectivity index (χ4v) is 2.83. The second-order valence-corrected chi connectivity index (χ2v) is 6.83. The van der Waals surface area contributed by atoms with Gasteiger partial charge in [-0.3, -0.25) is 13.6 Å². The van der Waals surface area contributed by atoms with Crippen molar-refractivity contribution in [3.05, 3.63) is 10.4 Å². The lowest BCUT2D eigenvalue weighted by Crippen LogP contribution is -2.36. The Hall–Kier alpha value is -0.550. The minimum absolute atomic E-state index is 0.688. The zero-order valence-electron chi connectivity index (χ0n) is 11.2. The SMILES string of the molecule is C[C@@H]1O[C@H](COP(=O)(O)O)C(OP(=O)(O)OCN=[N+]=[N-])[C@@H]1O. The zero-order valence-corrected chi connectivity index (χ0v) is 13.0. The van der Waals surface area contributed by atoms with E-state index in [-0.39, 0.29) is 0 Å². The zero-order chi connectivity index (χ0) is 17.0. The number of aliphatic hydroxyl groups excluding tert-OH is 1. The second kappa shape index (κ2) is 7.82.